The lowest BCUT2D eigenvalue weighted by Gasteiger charge is -2.18. The zero-order valence-corrected chi connectivity index (χ0v) is 15.0. The smallest absolute Gasteiger partial charge is 0.417 e. The van der Waals surface area contributed by atoms with E-state index in [2.05, 4.69) is 5.32 Å². The van der Waals surface area contributed by atoms with Crippen LogP contribution in [-0.4, -0.2) is 29.5 Å². The van der Waals surface area contributed by atoms with Crippen LogP contribution >= 0.6 is 0 Å². The van der Waals surface area contributed by atoms with Crippen LogP contribution in [0, 0.1) is 0 Å². The predicted molar refractivity (Wildman–Crippen MR) is 93.6 cm³/mol. The number of pyridine rings is 1. The normalized spacial score (nSPS) is 12.0. The number of nitrogens with zero attached hydrogens (tertiary/aromatic N) is 1. The third-order valence-corrected chi connectivity index (χ3v) is 3.66. The molecule has 0 unspecified atom stereocenters. The SMILES string of the molecule is CNC(=O)NC(=O)[C@H](OC(=O)Cn1cc(C(F)(F)F)ccc1=O)c1ccccc1. The van der Waals surface area contributed by atoms with Gasteiger partial charge in [0.2, 0.25) is 6.10 Å². The monoisotopic (exact) mass is 411 g/mol. The lowest BCUT2D eigenvalue weighted by molar-refractivity contribution is -0.157. The van der Waals surface area contributed by atoms with Gasteiger partial charge in [-0.1, -0.05) is 30.3 Å². The van der Waals surface area contributed by atoms with E-state index in [1.807, 2.05) is 5.32 Å². The van der Waals surface area contributed by atoms with Crippen LogP contribution in [0.2, 0.25) is 0 Å². The average Bonchev–Trinajstić information content (AvgIpc) is 2.67. The molecule has 0 spiro atoms. The fourth-order valence-electron chi connectivity index (χ4n) is 2.27. The number of hydrogen-bond donors (Lipinski definition) is 2. The van der Waals surface area contributed by atoms with Crippen LogP contribution in [0.5, 0.6) is 0 Å². The van der Waals surface area contributed by atoms with Crippen molar-refractivity contribution in [2.24, 2.45) is 0 Å². The molecule has 2 aromatic rings. The molecule has 3 amide bonds. The Hall–Kier alpha value is -3.63. The van der Waals surface area contributed by atoms with Crippen LogP contribution in [0.1, 0.15) is 17.2 Å². The topological polar surface area (TPSA) is 106 Å². The lowest BCUT2D eigenvalue weighted by Crippen LogP contribution is -2.41. The molecule has 0 radical (unpaired) electrons. The van der Waals surface area contributed by atoms with Gasteiger partial charge in [-0.05, 0) is 6.07 Å². The molecule has 1 aromatic heterocycles. The maximum Gasteiger partial charge on any atom is 0.417 e. The number of amides is 3. The number of alkyl halides is 3. The maximum absolute atomic E-state index is 12.8. The number of rotatable bonds is 5. The van der Waals surface area contributed by atoms with Crippen molar-refractivity contribution in [2.45, 2.75) is 18.8 Å². The van der Waals surface area contributed by atoms with Crippen LogP contribution in [0.4, 0.5) is 18.0 Å². The lowest BCUT2D eigenvalue weighted by atomic mass is 10.1. The average molecular weight is 411 g/mol. The van der Waals surface area contributed by atoms with Gasteiger partial charge in [-0.3, -0.25) is 19.7 Å². The predicted octanol–water partition coefficient (Wildman–Crippen LogP) is 1.61. The van der Waals surface area contributed by atoms with Gasteiger partial charge in [0.05, 0.1) is 5.56 Å². The Kier molecular flexibility index (Phi) is 6.75. The second-order valence-corrected chi connectivity index (χ2v) is 5.73. The summed E-state index contributed by atoms with van der Waals surface area (Å²) in [6.07, 6.45) is -5.78. The number of aromatic nitrogens is 1. The summed E-state index contributed by atoms with van der Waals surface area (Å²) in [5, 5.41) is 4.11. The number of hydrogen-bond acceptors (Lipinski definition) is 5. The van der Waals surface area contributed by atoms with Crippen molar-refractivity contribution >= 4 is 17.9 Å². The Bertz CT molecular complexity index is 957. The van der Waals surface area contributed by atoms with Crippen molar-refractivity contribution in [3.05, 3.63) is 70.1 Å². The zero-order chi connectivity index (χ0) is 21.6. The fourth-order valence-corrected chi connectivity index (χ4v) is 2.27. The van der Waals surface area contributed by atoms with E-state index in [-0.39, 0.29) is 5.56 Å². The third-order valence-electron chi connectivity index (χ3n) is 3.66. The molecule has 2 rings (SSSR count). The van der Waals surface area contributed by atoms with E-state index in [1.165, 1.54) is 19.2 Å². The van der Waals surface area contributed by atoms with Gasteiger partial charge in [0.25, 0.3) is 11.5 Å². The number of ether oxygens (including phenoxy) is 1. The molecular weight excluding hydrogens is 395 g/mol. The van der Waals surface area contributed by atoms with Crippen LogP contribution in [-0.2, 0) is 27.0 Å². The van der Waals surface area contributed by atoms with Crippen LogP contribution < -0.4 is 16.2 Å². The number of halogens is 3. The molecule has 0 fully saturated rings. The summed E-state index contributed by atoms with van der Waals surface area (Å²) in [5.74, 6) is -2.12. The van der Waals surface area contributed by atoms with Gasteiger partial charge in [0.15, 0.2) is 0 Å². The number of esters is 1. The van der Waals surface area contributed by atoms with E-state index in [1.54, 1.807) is 18.2 Å². The van der Waals surface area contributed by atoms with Gasteiger partial charge in [-0.2, -0.15) is 13.2 Å². The first-order chi connectivity index (χ1) is 13.6. The van der Waals surface area contributed by atoms with Gasteiger partial charge >= 0.3 is 18.2 Å². The minimum absolute atomic E-state index is 0.221. The van der Waals surface area contributed by atoms with Crippen LogP contribution in [0.3, 0.4) is 0 Å². The summed E-state index contributed by atoms with van der Waals surface area (Å²) in [7, 11) is 1.27. The zero-order valence-electron chi connectivity index (χ0n) is 15.0. The van der Waals surface area contributed by atoms with Gasteiger partial charge < -0.3 is 14.6 Å². The van der Waals surface area contributed by atoms with E-state index >= 15 is 0 Å². The van der Waals surface area contributed by atoms with E-state index < -0.39 is 47.9 Å². The largest absolute Gasteiger partial charge is 0.446 e. The van der Waals surface area contributed by atoms with E-state index in [0.29, 0.717) is 22.9 Å². The molecule has 29 heavy (non-hydrogen) atoms. The van der Waals surface area contributed by atoms with Crippen molar-refractivity contribution in [3.8, 4) is 0 Å². The first-order valence-corrected chi connectivity index (χ1v) is 8.16. The highest BCUT2D eigenvalue weighted by Gasteiger charge is 2.31. The molecule has 0 aliphatic carbocycles. The van der Waals surface area contributed by atoms with Crippen molar-refractivity contribution in [3.63, 3.8) is 0 Å². The Morgan fingerprint density at radius 2 is 1.76 bits per heavy atom. The van der Waals surface area contributed by atoms with Crippen LogP contribution in [0.15, 0.2) is 53.5 Å². The summed E-state index contributed by atoms with van der Waals surface area (Å²) in [6.45, 7) is -0.862. The molecule has 0 saturated heterocycles. The highest BCUT2D eigenvalue weighted by atomic mass is 19.4. The Morgan fingerprint density at radius 3 is 2.34 bits per heavy atom. The molecule has 1 aromatic carbocycles. The Morgan fingerprint density at radius 1 is 1.10 bits per heavy atom. The molecule has 1 heterocycles. The minimum atomic E-state index is -4.71. The van der Waals surface area contributed by atoms with Gasteiger partial charge in [0.1, 0.15) is 6.54 Å². The highest BCUT2D eigenvalue weighted by molar-refractivity contribution is 5.97. The molecule has 1 atom stereocenters. The molecular formula is C18H16F3N3O5. The molecule has 11 heteroatoms. The number of urea groups is 1. The van der Waals surface area contributed by atoms with Gasteiger partial charge in [0, 0.05) is 24.9 Å². The molecule has 154 valence electrons. The number of carbonyl (C=O) groups excluding carboxylic acids is 3. The highest BCUT2D eigenvalue weighted by Crippen LogP contribution is 2.28. The first kappa shape index (κ1) is 21.7. The second kappa shape index (κ2) is 9.04. The Balaban J connectivity index is 2.23. The first-order valence-electron chi connectivity index (χ1n) is 8.16. The summed E-state index contributed by atoms with van der Waals surface area (Å²) >= 11 is 0. The standard InChI is InChI=1S/C18H16F3N3O5/c1-22-17(28)23-16(27)15(11-5-3-2-4-6-11)29-14(26)10-24-9-12(18(19,20)21)7-8-13(24)25/h2-9,15H,10H2,1H3,(H2,22,23,27,28)/t15-/m1/s1. The second-order valence-electron chi connectivity index (χ2n) is 5.73. The summed E-state index contributed by atoms with van der Waals surface area (Å²) in [6, 6.07) is 8.08. The summed E-state index contributed by atoms with van der Waals surface area (Å²) in [5.41, 5.74) is -1.76. The molecule has 8 nitrogen and oxygen atoms in total. The van der Waals surface area contributed by atoms with Crippen molar-refractivity contribution < 1.29 is 32.3 Å². The summed E-state index contributed by atoms with van der Waals surface area (Å²) in [4.78, 5) is 47.7. The molecule has 0 bridgehead atoms. The van der Waals surface area contributed by atoms with E-state index in [4.69, 9.17) is 4.74 Å². The number of carbonyl (C=O) groups is 3. The number of benzene rings is 1. The quantitative estimate of drug-likeness (QED) is 0.727. The molecule has 0 saturated carbocycles. The molecule has 2 N–H and O–H groups in total. The molecule has 0 aliphatic rings. The van der Waals surface area contributed by atoms with Gasteiger partial charge in [-0.15, -0.1) is 0 Å². The van der Waals surface area contributed by atoms with E-state index in [9.17, 15) is 32.3 Å². The van der Waals surface area contributed by atoms with Gasteiger partial charge in [-0.25, -0.2) is 4.79 Å². The van der Waals surface area contributed by atoms with Crippen molar-refractivity contribution in [1.29, 1.82) is 0 Å². The number of imide groups is 1. The van der Waals surface area contributed by atoms with Crippen molar-refractivity contribution in [1.82, 2.24) is 15.2 Å². The third kappa shape index (κ3) is 5.92. The minimum Gasteiger partial charge on any atom is -0.446 e. The summed E-state index contributed by atoms with van der Waals surface area (Å²) < 4.78 is 44.0. The van der Waals surface area contributed by atoms with E-state index in [0.717, 1.165) is 0 Å². The maximum atomic E-state index is 12.8. The molecule has 0 aliphatic heterocycles. The number of nitrogens with one attached hydrogen (secondary N) is 2. The fraction of sp³-hybridized carbons (Fsp3) is 0.222. The van der Waals surface area contributed by atoms with Crippen LogP contribution in [0.25, 0.3) is 0 Å². The van der Waals surface area contributed by atoms with Crippen molar-refractivity contribution in [2.75, 3.05) is 7.05 Å². The Labute approximate surface area is 162 Å².